The molecule has 0 saturated carbocycles. The van der Waals surface area contributed by atoms with Crippen LogP contribution in [0.1, 0.15) is 5.82 Å². The van der Waals surface area contributed by atoms with Crippen LogP contribution in [0, 0.1) is 0 Å². The minimum Gasteiger partial charge on any atom is -0.369 e. The summed E-state index contributed by atoms with van der Waals surface area (Å²) in [5.74, 6) is 0.153. The van der Waals surface area contributed by atoms with Gasteiger partial charge >= 0.3 is 0 Å². The van der Waals surface area contributed by atoms with Gasteiger partial charge in [-0.1, -0.05) is 0 Å². The lowest BCUT2D eigenvalue weighted by Gasteiger charge is -1.86. The predicted octanol–water partition coefficient (Wildman–Crippen LogP) is -0.0143. The number of aromatic amines is 1. The summed E-state index contributed by atoms with van der Waals surface area (Å²) in [6.07, 6.45) is 1.77. The maximum absolute atomic E-state index is 10.6. The molecule has 2 aromatic heterocycles. The molecule has 0 aliphatic carbocycles. The van der Waals surface area contributed by atoms with Crippen LogP contribution in [0.3, 0.4) is 0 Å². The van der Waals surface area contributed by atoms with Gasteiger partial charge in [0.2, 0.25) is 5.91 Å². The lowest BCUT2D eigenvalue weighted by atomic mass is 10.4. The van der Waals surface area contributed by atoms with Crippen molar-refractivity contribution in [2.45, 2.75) is 6.42 Å². The number of carbonyl (C=O) groups excluding carboxylic acids is 1. The maximum atomic E-state index is 10.6. The van der Waals surface area contributed by atoms with Crippen molar-refractivity contribution in [3.05, 3.63) is 24.2 Å². The Bertz CT molecular complexity index is 415. The number of fused-ring (bicyclic) bond motifs is 1. The van der Waals surface area contributed by atoms with Crippen LogP contribution >= 0.6 is 0 Å². The van der Waals surface area contributed by atoms with Gasteiger partial charge in [0, 0.05) is 6.20 Å². The van der Waals surface area contributed by atoms with Crippen molar-refractivity contribution in [3.8, 4) is 0 Å². The molecule has 2 heterocycles. The number of nitrogens with one attached hydrogen (secondary N) is 1. The molecule has 66 valence electrons. The number of pyridine rings is 1. The highest BCUT2D eigenvalue weighted by Crippen LogP contribution is 2.06. The molecule has 0 saturated heterocycles. The van der Waals surface area contributed by atoms with Gasteiger partial charge in [0.1, 0.15) is 5.82 Å². The Morgan fingerprint density at radius 2 is 2.46 bits per heavy atom. The maximum Gasteiger partial charge on any atom is 0.225 e. The molecule has 0 bridgehead atoms. The first-order valence-electron chi connectivity index (χ1n) is 3.83. The molecule has 1 amide bonds. The zero-order valence-electron chi connectivity index (χ0n) is 6.82. The lowest BCUT2D eigenvalue weighted by Crippen LogP contribution is -2.14. The Kier molecular flexibility index (Phi) is 1.70. The molecule has 0 radical (unpaired) electrons. The Morgan fingerprint density at radius 1 is 1.62 bits per heavy atom. The second-order valence-electron chi connectivity index (χ2n) is 2.70. The molecule has 2 aromatic rings. The zero-order chi connectivity index (χ0) is 9.26. The van der Waals surface area contributed by atoms with E-state index in [2.05, 4.69) is 15.0 Å². The number of hydrogen-bond donors (Lipinski definition) is 2. The highest BCUT2D eigenvalue weighted by Gasteiger charge is 2.04. The molecule has 3 N–H and O–H groups in total. The minimum atomic E-state index is -0.404. The molecule has 0 aliphatic heterocycles. The summed E-state index contributed by atoms with van der Waals surface area (Å²) in [6.45, 7) is 0. The van der Waals surface area contributed by atoms with Crippen molar-refractivity contribution < 1.29 is 4.79 Å². The molecule has 0 fully saturated rings. The second-order valence-corrected chi connectivity index (χ2v) is 2.70. The van der Waals surface area contributed by atoms with Crippen LogP contribution in [0.15, 0.2) is 18.3 Å². The van der Waals surface area contributed by atoms with E-state index in [0.29, 0.717) is 11.5 Å². The van der Waals surface area contributed by atoms with Crippen LogP contribution in [-0.2, 0) is 11.2 Å². The van der Waals surface area contributed by atoms with Gasteiger partial charge in [-0.2, -0.15) is 0 Å². The summed E-state index contributed by atoms with van der Waals surface area (Å²) < 4.78 is 0. The number of rotatable bonds is 2. The van der Waals surface area contributed by atoms with Gasteiger partial charge in [-0.3, -0.25) is 4.79 Å². The molecule has 0 atom stereocenters. The molecule has 5 heteroatoms. The van der Waals surface area contributed by atoms with Gasteiger partial charge in [-0.05, 0) is 12.1 Å². The standard InChI is InChI=1S/C8H8N4O/c9-6(13)4-7-11-5-2-1-3-10-8(5)12-7/h1-3H,4H2,(H2,9,13)(H,10,11,12). The van der Waals surface area contributed by atoms with Gasteiger partial charge < -0.3 is 10.7 Å². The predicted molar refractivity (Wildman–Crippen MR) is 46.8 cm³/mol. The molecular formula is C8H8N4O. The van der Waals surface area contributed by atoms with Crippen LogP contribution in [0.5, 0.6) is 0 Å². The normalized spacial score (nSPS) is 10.5. The third kappa shape index (κ3) is 1.48. The molecular weight excluding hydrogens is 168 g/mol. The van der Waals surface area contributed by atoms with Crippen molar-refractivity contribution in [2.75, 3.05) is 0 Å². The number of aromatic nitrogens is 3. The Balaban J connectivity index is 2.44. The number of hydrogen-bond acceptors (Lipinski definition) is 3. The van der Waals surface area contributed by atoms with E-state index < -0.39 is 5.91 Å². The van der Waals surface area contributed by atoms with Crippen molar-refractivity contribution in [3.63, 3.8) is 0 Å². The fraction of sp³-hybridized carbons (Fsp3) is 0.125. The number of nitrogens with two attached hydrogens (primary N) is 1. The van der Waals surface area contributed by atoms with E-state index in [1.54, 1.807) is 12.3 Å². The number of carbonyl (C=O) groups is 1. The van der Waals surface area contributed by atoms with E-state index in [1.165, 1.54) is 0 Å². The largest absolute Gasteiger partial charge is 0.369 e. The average molecular weight is 176 g/mol. The van der Waals surface area contributed by atoms with E-state index in [-0.39, 0.29) is 6.42 Å². The summed E-state index contributed by atoms with van der Waals surface area (Å²) >= 11 is 0. The molecule has 13 heavy (non-hydrogen) atoms. The van der Waals surface area contributed by atoms with Gasteiger partial charge in [0.05, 0.1) is 11.9 Å². The van der Waals surface area contributed by atoms with Crippen LogP contribution < -0.4 is 5.73 Å². The highest BCUT2D eigenvalue weighted by molar-refractivity contribution is 5.77. The average Bonchev–Trinajstić information content (AvgIpc) is 2.44. The molecule has 2 rings (SSSR count). The first kappa shape index (κ1) is 7.72. The number of H-pyrrole nitrogens is 1. The van der Waals surface area contributed by atoms with Crippen molar-refractivity contribution in [1.82, 2.24) is 15.0 Å². The molecule has 0 spiro atoms. The molecule has 0 unspecified atom stereocenters. The zero-order valence-corrected chi connectivity index (χ0v) is 6.82. The van der Waals surface area contributed by atoms with E-state index in [1.807, 2.05) is 6.07 Å². The first-order chi connectivity index (χ1) is 6.25. The van der Waals surface area contributed by atoms with E-state index in [0.717, 1.165) is 5.52 Å². The first-order valence-corrected chi connectivity index (χ1v) is 3.83. The van der Waals surface area contributed by atoms with Crippen molar-refractivity contribution in [2.24, 2.45) is 5.73 Å². The topological polar surface area (TPSA) is 84.7 Å². The van der Waals surface area contributed by atoms with E-state index >= 15 is 0 Å². The summed E-state index contributed by atoms with van der Waals surface area (Å²) in [5, 5.41) is 0. The minimum absolute atomic E-state index is 0.121. The lowest BCUT2D eigenvalue weighted by molar-refractivity contribution is -0.117. The number of nitrogens with zero attached hydrogens (tertiary/aromatic N) is 2. The van der Waals surface area contributed by atoms with Gasteiger partial charge in [-0.15, -0.1) is 0 Å². The monoisotopic (exact) mass is 176 g/mol. The Labute approximate surface area is 74.0 Å². The quantitative estimate of drug-likeness (QED) is 0.674. The summed E-state index contributed by atoms with van der Waals surface area (Å²) in [7, 11) is 0. The van der Waals surface area contributed by atoms with Gasteiger partial charge in [0.15, 0.2) is 5.65 Å². The number of primary amides is 1. The third-order valence-electron chi connectivity index (χ3n) is 1.65. The Hall–Kier alpha value is -1.91. The number of imidazole rings is 1. The fourth-order valence-electron chi connectivity index (χ4n) is 1.14. The van der Waals surface area contributed by atoms with E-state index in [4.69, 9.17) is 5.73 Å². The summed E-state index contributed by atoms with van der Waals surface area (Å²) in [5.41, 5.74) is 6.46. The molecule has 0 aromatic carbocycles. The SMILES string of the molecule is NC(=O)Cc1nc2ncccc2[nH]1. The van der Waals surface area contributed by atoms with Crippen LogP contribution in [0.4, 0.5) is 0 Å². The van der Waals surface area contributed by atoms with Crippen LogP contribution in [0.2, 0.25) is 0 Å². The van der Waals surface area contributed by atoms with Crippen molar-refractivity contribution in [1.29, 1.82) is 0 Å². The number of amides is 1. The van der Waals surface area contributed by atoms with Crippen LogP contribution in [-0.4, -0.2) is 20.9 Å². The molecule has 5 nitrogen and oxygen atoms in total. The summed E-state index contributed by atoms with van der Waals surface area (Å²) in [4.78, 5) is 21.6. The van der Waals surface area contributed by atoms with Crippen molar-refractivity contribution >= 4 is 17.1 Å². The van der Waals surface area contributed by atoms with Gasteiger partial charge in [0.25, 0.3) is 0 Å². The van der Waals surface area contributed by atoms with E-state index in [9.17, 15) is 4.79 Å². The second kappa shape index (κ2) is 2.85. The van der Waals surface area contributed by atoms with Gasteiger partial charge in [-0.25, -0.2) is 9.97 Å². The van der Waals surface area contributed by atoms with Crippen LogP contribution in [0.25, 0.3) is 11.2 Å². The third-order valence-corrected chi connectivity index (χ3v) is 1.65. The fourth-order valence-corrected chi connectivity index (χ4v) is 1.14. The summed E-state index contributed by atoms with van der Waals surface area (Å²) in [6, 6.07) is 3.65. The Morgan fingerprint density at radius 3 is 3.15 bits per heavy atom. The molecule has 0 aliphatic rings. The smallest absolute Gasteiger partial charge is 0.225 e. The highest BCUT2D eigenvalue weighted by atomic mass is 16.1.